The van der Waals surface area contributed by atoms with E-state index in [9.17, 15) is 0 Å². The molecular formula is C11H15N. The van der Waals surface area contributed by atoms with E-state index in [-0.39, 0.29) is 0 Å². The summed E-state index contributed by atoms with van der Waals surface area (Å²) in [6.45, 7) is 9.02. The van der Waals surface area contributed by atoms with E-state index in [1.54, 1.807) is 0 Å². The highest BCUT2D eigenvalue weighted by molar-refractivity contribution is 5.61. The average Bonchev–Trinajstić information content (AvgIpc) is 2.05. The van der Waals surface area contributed by atoms with Crippen LogP contribution in [0.4, 0.5) is 0 Å². The summed E-state index contributed by atoms with van der Waals surface area (Å²) in [5.41, 5.74) is 3.45. The van der Waals surface area contributed by atoms with Crippen molar-refractivity contribution in [3.8, 4) is 0 Å². The average molecular weight is 161 g/mol. The van der Waals surface area contributed by atoms with Crippen molar-refractivity contribution < 1.29 is 0 Å². The molecule has 0 amide bonds. The summed E-state index contributed by atoms with van der Waals surface area (Å²) in [5.74, 6) is 0. The van der Waals surface area contributed by atoms with Crippen LogP contribution in [0.25, 0.3) is 5.70 Å². The molecule has 0 unspecified atom stereocenters. The molecular weight excluding hydrogens is 146 g/mol. The Labute approximate surface area is 74.1 Å². The number of nitrogens with one attached hydrogen (secondary N) is 1. The third kappa shape index (κ3) is 2.12. The third-order valence-electron chi connectivity index (χ3n) is 1.76. The van der Waals surface area contributed by atoms with Gasteiger partial charge in [0.2, 0.25) is 0 Å². The van der Waals surface area contributed by atoms with Crippen molar-refractivity contribution in [1.82, 2.24) is 5.32 Å². The highest BCUT2D eigenvalue weighted by atomic mass is 14.9. The van der Waals surface area contributed by atoms with Gasteiger partial charge in [-0.15, -0.1) is 0 Å². The van der Waals surface area contributed by atoms with Crippen molar-refractivity contribution in [2.24, 2.45) is 0 Å². The van der Waals surface area contributed by atoms with Crippen molar-refractivity contribution in [3.05, 3.63) is 42.0 Å². The molecule has 0 saturated heterocycles. The number of rotatable bonds is 3. The number of hydrogen-bond acceptors (Lipinski definition) is 1. The summed E-state index contributed by atoms with van der Waals surface area (Å²) in [6.07, 6.45) is 0. The molecule has 64 valence electrons. The Hall–Kier alpha value is -1.24. The van der Waals surface area contributed by atoms with Crippen LogP contribution in [0.3, 0.4) is 0 Å². The van der Waals surface area contributed by atoms with Gasteiger partial charge in [0, 0.05) is 12.2 Å². The normalized spacial score (nSPS) is 9.50. The Morgan fingerprint density at radius 2 is 2.25 bits per heavy atom. The largest absolute Gasteiger partial charge is 0.385 e. The Bertz CT molecular complexity index is 276. The Morgan fingerprint density at radius 1 is 1.50 bits per heavy atom. The van der Waals surface area contributed by atoms with Gasteiger partial charge in [0.25, 0.3) is 0 Å². The van der Waals surface area contributed by atoms with E-state index in [1.165, 1.54) is 11.1 Å². The SMILES string of the molecule is C=C(NCC)c1cccc(C)c1. The molecule has 1 heteroatoms. The van der Waals surface area contributed by atoms with Gasteiger partial charge in [0.1, 0.15) is 0 Å². The Morgan fingerprint density at radius 3 is 2.83 bits per heavy atom. The van der Waals surface area contributed by atoms with E-state index in [1.807, 2.05) is 6.07 Å². The molecule has 1 rings (SSSR count). The molecule has 1 aromatic carbocycles. The van der Waals surface area contributed by atoms with Crippen molar-refractivity contribution in [2.45, 2.75) is 13.8 Å². The summed E-state index contributed by atoms with van der Waals surface area (Å²) in [4.78, 5) is 0. The molecule has 0 heterocycles. The molecule has 0 aliphatic rings. The van der Waals surface area contributed by atoms with Crippen LogP contribution in [-0.4, -0.2) is 6.54 Å². The second-order valence-electron chi connectivity index (χ2n) is 2.88. The van der Waals surface area contributed by atoms with Crippen molar-refractivity contribution in [3.63, 3.8) is 0 Å². The van der Waals surface area contributed by atoms with Crippen molar-refractivity contribution in [1.29, 1.82) is 0 Å². The molecule has 0 aliphatic carbocycles. The van der Waals surface area contributed by atoms with Gasteiger partial charge in [0.15, 0.2) is 0 Å². The molecule has 0 aromatic heterocycles. The lowest BCUT2D eigenvalue weighted by Crippen LogP contribution is -2.09. The highest BCUT2D eigenvalue weighted by Gasteiger charge is 1.95. The zero-order valence-electron chi connectivity index (χ0n) is 7.72. The zero-order chi connectivity index (χ0) is 8.97. The minimum Gasteiger partial charge on any atom is -0.385 e. The van der Waals surface area contributed by atoms with Crippen molar-refractivity contribution >= 4 is 5.70 Å². The molecule has 0 fully saturated rings. The lowest BCUT2D eigenvalue weighted by Gasteiger charge is -2.07. The fourth-order valence-electron chi connectivity index (χ4n) is 1.15. The topological polar surface area (TPSA) is 12.0 Å². The predicted molar refractivity (Wildman–Crippen MR) is 53.9 cm³/mol. The van der Waals surface area contributed by atoms with Gasteiger partial charge < -0.3 is 5.32 Å². The first kappa shape index (κ1) is 8.85. The number of hydrogen-bond donors (Lipinski definition) is 1. The van der Waals surface area contributed by atoms with E-state index in [4.69, 9.17) is 0 Å². The predicted octanol–water partition coefficient (Wildman–Crippen LogP) is 2.58. The second kappa shape index (κ2) is 3.96. The maximum Gasteiger partial charge on any atom is 0.0340 e. The highest BCUT2D eigenvalue weighted by Crippen LogP contribution is 2.10. The first-order chi connectivity index (χ1) is 5.74. The third-order valence-corrected chi connectivity index (χ3v) is 1.76. The smallest absolute Gasteiger partial charge is 0.0340 e. The van der Waals surface area contributed by atoms with Crippen LogP contribution in [0.5, 0.6) is 0 Å². The van der Waals surface area contributed by atoms with E-state index < -0.39 is 0 Å². The van der Waals surface area contributed by atoms with Gasteiger partial charge >= 0.3 is 0 Å². The maximum atomic E-state index is 3.94. The van der Waals surface area contributed by atoms with E-state index >= 15 is 0 Å². The molecule has 1 aromatic rings. The minimum absolute atomic E-state index is 0.923. The van der Waals surface area contributed by atoms with Crippen LogP contribution in [0, 0.1) is 6.92 Å². The monoisotopic (exact) mass is 161 g/mol. The van der Waals surface area contributed by atoms with Crippen LogP contribution < -0.4 is 5.32 Å². The fraction of sp³-hybridized carbons (Fsp3) is 0.273. The first-order valence-electron chi connectivity index (χ1n) is 4.24. The van der Waals surface area contributed by atoms with Crippen LogP contribution in [0.1, 0.15) is 18.1 Å². The van der Waals surface area contributed by atoms with Gasteiger partial charge in [-0.25, -0.2) is 0 Å². The lowest BCUT2D eigenvalue weighted by atomic mass is 10.1. The van der Waals surface area contributed by atoms with E-state index in [0.717, 1.165) is 12.2 Å². The van der Waals surface area contributed by atoms with Crippen LogP contribution >= 0.6 is 0 Å². The van der Waals surface area contributed by atoms with Gasteiger partial charge in [-0.05, 0) is 25.5 Å². The van der Waals surface area contributed by atoms with Gasteiger partial charge in [-0.3, -0.25) is 0 Å². The lowest BCUT2D eigenvalue weighted by molar-refractivity contribution is 0.942. The molecule has 1 nitrogen and oxygen atoms in total. The molecule has 12 heavy (non-hydrogen) atoms. The summed E-state index contributed by atoms with van der Waals surface area (Å²) >= 11 is 0. The molecule has 0 bridgehead atoms. The maximum absolute atomic E-state index is 3.94. The number of aryl methyl sites for hydroxylation is 1. The Kier molecular flexibility index (Phi) is 2.92. The van der Waals surface area contributed by atoms with Crippen LogP contribution in [-0.2, 0) is 0 Å². The fourth-order valence-corrected chi connectivity index (χ4v) is 1.15. The molecule has 0 spiro atoms. The summed E-state index contributed by atoms with van der Waals surface area (Å²) in [5, 5.41) is 3.19. The Balaban J connectivity index is 2.81. The zero-order valence-corrected chi connectivity index (χ0v) is 7.72. The molecule has 0 aliphatic heterocycles. The summed E-state index contributed by atoms with van der Waals surface area (Å²) in [7, 11) is 0. The van der Waals surface area contributed by atoms with Crippen LogP contribution in [0.2, 0.25) is 0 Å². The molecule has 0 radical (unpaired) electrons. The standard InChI is InChI=1S/C11H15N/c1-4-12-10(3)11-7-5-6-9(2)8-11/h5-8,12H,3-4H2,1-2H3. The van der Waals surface area contributed by atoms with Crippen molar-refractivity contribution in [2.75, 3.05) is 6.54 Å². The molecule has 1 N–H and O–H groups in total. The van der Waals surface area contributed by atoms with Gasteiger partial charge in [-0.2, -0.15) is 0 Å². The molecule has 0 atom stereocenters. The number of benzene rings is 1. The quantitative estimate of drug-likeness (QED) is 0.718. The van der Waals surface area contributed by atoms with E-state index in [0.29, 0.717) is 0 Å². The summed E-state index contributed by atoms with van der Waals surface area (Å²) in [6, 6.07) is 8.33. The second-order valence-corrected chi connectivity index (χ2v) is 2.88. The van der Waals surface area contributed by atoms with E-state index in [2.05, 4.69) is 43.9 Å². The molecule has 0 saturated carbocycles. The van der Waals surface area contributed by atoms with Gasteiger partial charge in [-0.1, -0.05) is 30.3 Å². The van der Waals surface area contributed by atoms with Crippen LogP contribution in [0.15, 0.2) is 30.8 Å². The van der Waals surface area contributed by atoms with Gasteiger partial charge in [0.05, 0.1) is 0 Å². The summed E-state index contributed by atoms with van der Waals surface area (Å²) < 4.78 is 0. The first-order valence-corrected chi connectivity index (χ1v) is 4.24. The minimum atomic E-state index is 0.923.